The van der Waals surface area contributed by atoms with E-state index in [-0.39, 0.29) is 30.3 Å². The van der Waals surface area contributed by atoms with Crippen LogP contribution in [0.3, 0.4) is 0 Å². The molecule has 2 heterocycles. The van der Waals surface area contributed by atoms with E-state index in [1.54, 1.807) is 22.4 Å². The van der Waals surface area contributed by atoms with Crippen molar-refractivity contribution in [3.63, 3.8) is 0 Å². The molecule has 2 fully saturated rings. The lowest BCUT2D eigenvalue weighted by Crippen LogP contribution is -2.27. The van der Waals surface area contributed by atoms with Crippen molar-refractivity contribution in [1.29, 1.82) is 0 Å². The second-order valence-electron chi connectivity index (χ2n) is 7.01. The molecule has 1 aromatic carbocycles. The number of aryl methyl sites for hydroxylation is 1. The highest BCUT2D eigenvalue weighted by Crippen LogP contribution is 2.24. The number of nitrogens with one attached hydrogen (secondary N) is 3. The summed E-state index contributed by atoms with van der Waals surface area (Å²) in [4.78, 5) is 42.3. The average molecular weight is 399 g/mol. The highest BCUT2D eigenvalue weighted by molar-refractivity contribution is 7.14. The summed E-state index contributed by atoms with van der Waals surface area (Å²) in [6, 6.07) is 5.40. The first-order valence-corrected chi connectivity index (χ1v) is 10.1. The standard InChI is InChI=1S/C19H21N5O3S/c1-11-2-3-12(17(26)21-13-4-5-13)8-15(11)23-16(25)9-14-10-28-19(22-14)24-7-6-20-18(24)27/h2-3,8,10,13H,4-7,9H2,1H3,(H,20,27)(H,21,26)(H,23,25). The van der Waals surface area contributed by atoms with Crippen molar-refractivity contribution >= 4 is 40.0 Å². The molecule has 1 saturated heterocycles. The van der Waals surface area contributed by atoms with Crippen molar-refractivity contribution in [2.24, 2.45) is 0 Å². The van der Waals surface area contributed by atoms with E-state index >= 15 is 0 Å². The number of amides is 4. The zero-order valence-electron chi connectivity index (χ0n) is 15.4. The van der Waals surface area contributed by atoms with Gasteiger partial charge >= 0.3 is 6.03 Å². The summed E-state index contributed by atoms with van der Waals surface area (Å²) in [7, 11) is 0. The van der Waals surface area contributed by atoms with Crippen LogP contribution in [0.4, 0.5) is 15.6 Å². The van der Waals surface area contributed by atoms with Gasteiger partial charge in [0.25, 0.3) is 5.91 Å². The first-order valence-electron chi connectivity index (χ1n) is 9.21. The number of thiazole rings is 1. The predicted octanol–water partition coefficient (Wildman–Crippen LogP) is 2.05. The molecule has 3 N–H and O–H groups in total. The third-order valence-electron chi connectivity index (χ3n) is 4.66. The molecule has 1 aliphatic heterocycles. The van der Waals surface area contributed by atoms with E-state index < -0.39 is 0 Å². The minimum Gasteiger partial charge on any atom is -0.349 e. The maximum Gasteiger partial charge on any atom is 0.323 e. The molecule has 4 amide bonds. The molecule has 8 nitrogen and oxygen atoms in total. The molecule has 1 saturated carbocycles. The first-order chi connectivity index (χ1) is 13.5. The van der Waals surface area contributed by atoms with E-state index in [1.165, 1.54) is 11.3 Å². The van der Waals surface area contributed by atoms with Crippen LogP contribution in [0.15, 0.2) is 23.6 Å². The smallest absolute Gasteiger partial charge is 0.323 e. The molecule has 0 radical (unpaired) electrons. The molecule has 0 bridgehead atoms. The fraction of sp³-hybridized carbons (Fsp3) is 0.368. The van der Waals surface area contributed by atoms with Gasteiger partial charge in [0, 0.05) is 35.8 Å². The SMILES string of the molecule is Cc1ccc(C(=O)NC2CC2)cc1NC(=O)Cc1csc(N2CCNC2=O)n1. The molecule has 0 unspecified atom stereocenters. The molecule has 28 heavy (non-hydrogen) atoms. The molecule has 0 atom stereocenters. The Bertz CT molecular complexity index is 937. The predicted molar refractivity (Wildman–Crippen MR) is 107 cm³/mol. The maximum absolute atomic E-state index is 12.5. The number of nitrogens with zero attached hydrogens (tertiary/aromatic N) is 2. The van der Waals surface area contributed by atoms with Gasteiger partial charge in [0.2, 0.25) is 5.91 Å². The van der Waals surface area contributed by atoms with E-state index in [4.69, 9.17) is 0 Å². The van der Waals surface area contributed by atoms with Gasteiger partial charge in [-0.15, -0.1) is 11.3 Å². The normalized spacial score (nSPS) is 16.0. The molecule has 1 aromatic heterocycles. The summed E-state index contributed by atoms with van der Waals surface area (Å²) < 4.78 is 0. The van der Waals surface area contributed by atoms with Gasteiger partial charge in [-0.25, -0.2) is 9.78 Å². The van der Waals surface area contributed by atoms with Crippen LogP contribution in [0.5, 0.6) is 0 Å². The monoisotopic (exact) mass is 399 g/mol. The molecule has 9 heteroatoms. The van der Waals surface area contributed by atoms with E-state index in [0.717, 1.165) is 18.4 Å². The summed E-state index contributed by atoms with van der Waals surface area (Å²) in [5.41, 5.74) is 2.63. The number of hydrogen-bond acceptors (Lipinski definition) is 5. The van der Waals surface area contributed by atoms with Gasteiger partial charge < -0.3 is 16.0 Å². The number of carbonyl (C=O) groups is 3. The van der Waals surface area contributed by atoms with E-state index in [1.807, 2.05) is 13.0 Å². The van der Waals surface area contributed by atoms with Crippen molar-refractivity contribution in [1.82, 2.24) is 15.6 Å². The molecular formula is C19H21N5O3S. The Morgan fingerprint density at radius 3 is 2.89 bits per heavy atom. The first kappa shape index (κ1) is 18.4. The van der Waals surface area contributed by atoms with Crippen molar-refractivity contribution < 1.29 is 14.4 Å². The highest BCUT2D eigenvalue weighted by atomic mass is 32.1. The number of carbonyl (C=O) groups excluding carboxylic acids is 3. The number of rotatable bonds is 6. The molecule has 4 rings (SSSR count). The third-order valence-corrected chi connectivity index (χ3v) is 5.57. The average Bonchev–Trinajstić information content (AvgIpc) is 3.18. The van der Waals surface area contributed by atoms with Gasteiger partial charge in [0.15, 0.2) is 5.13 Å². The van der Waals surface area contributed by atoms with Crippen LogP contribution in [-0.4, -0.2) is 42.0 Å². The zero-order valence-corrected chi connectivity index (χ0v) is 16.3. The molecule has 2 aromatic rings. The van der Waals surface area contributed by atoms with Crippen LogP contribution in [0.2, 0.25) is 0 Å². The zero-order chi connectivity index (χ0) is 19.7. The van der Waals surface area contributed by atoms with Crippen LogP contribution in [0.1, 0.15) is 34.5 Å². The Morgan fingerprint density at radius 1 is 1.36 bits per heavy atom. The minimum absolute atomic E-state index is 0.101. The fourth-order valence-corrected chi connectivity index (χ4v) is 3.76. The number of benzene rings is 1. The topological polar surface area (TPSA) is 103 Å². The van der Waals surface area contributed by atoms with E-state index in [9.17, 15) is 14.4 Å². The fourth-order valence-electron chi connectivity index (χ4n) is 2.91. The number of anilines is 2. The molecule has 2 aliphatic rings. The van der Waals surface area contributed by atoms with Gasteiger partial charge in [-0.1, -0.05) is 6.07 Å². The summed E-state index contributed by atoms with van der Waals surface area (Å²) in [6.45, 7) is 3.05. The van der Waals surface area contributed by atoms with E-state index in [0.29, 0.717) is 35.2 Å². The van der Waals surface area contributed by atoms with Crippen molar-refractivity contribution in [3.8, 4) is 0 Å². The van der Waals surface area contributed by atoms with Gasteiger partial charge in [-0.3, -0.25) is 14.5 Å². The lowest BCUT2D eigenvalue weighted by molar-refractivity contribution is -0.115. The van der Waals surface area contributed by atoms with E-state index in [2.05, 4.69) is 20.9 Å². The second kappa shape index (κ2) is 7.59. The van der Waals surface area contributed by atoms with Gasteiger partial charge in [0.1, 0.15) is 0 Å². The molecule has 146 valence electrons. The summed E-state index contributed by atoms with van der Waals surface area (Å²) in [5.74, 6) is -0.336. The highest BCUT2D eigenvalue weighted by Gasteiger charge is 2.25. The molecule has 0 spiro atoms. The van der Waals surface area contributed by atoms with Crippen molar-refractivity contribution in [3.05, 3.63) is 40.4 Å². The van der Waals surface area contributed by atoms with Crippen LogP contribution in [-0.2, 0) is 11.2 Å². The Morgan fingerprint density at radius 2 is 2.18 bits per heavy atom. The Labute approximate surface area is 166 Å². The summed E-state index contributed by atoms with van der Waals surface area (Å²) in [5, 5.41) is 10.9. The minimum atomic E-state index is -0.217. The number of urea groups is 1. The molecule has 1 aliphatic carbocycles. The quantitative estimate of drug-likeness (QED) is 0.692. The lowest BCUT2D eigenvalue weighted by atomic mass is 10.1. The van der Waals surface area contributed by atoms with Crippen LogP contribution >= 0.6 is 11.3 Å². The lowest BCUT2D eigenvalue weighted by Gasteiger charge is -2.11. The van der Waals surface area contributed by atoms with Crippen molar-refractivity contribution in [2.75, 3.05) is 23.3 Å². The van der Waals surface area contributed by atoms with Crippen molar-refractivity contribution in [2.45, 2.75) is 32.2 Å². The third kappa shape index (κ3) is 4.14. The van der Waals surface area contributed by atoms with Crippen LogP contribution < -0.4 is 20.9 Å². The summed E-state index contributed by atoms with van der Waals surface area (Å²) >= 11 is 1.34. The van der Waals surface area contributed by atoms with Gasteiger partial charge in [0.05, 0.1) is 12.1 Å². The van der Waals surface area contributed by atoms with Crippen LogP contribution in [0.25, 0.3) is 0 Å². The Hall–Kier alpha value is -2.94. The van der Waals surface area contributed by atoms with Gasteiger partial charge in [-0.2, -0.15) is 0 Å². The largest absolute Gasteiger partial charge is 0.349 e. The second-order valence-corrected chi connectivity index (χ2v) is 7.84. The van der Waals surface area contributed by atoms with Gasteiger partial charge in [-0.05, 0) is 37.5 Å². The molecular weight excluding hydrogens is 378 g/mol. The Kier molecular flexibility index (Phi) is 4.99. The number of hydrogen-bond donors (Lipinski definition) is 3. The number of aromatic nitrogens is 1. The maximum atomic E-state index is 12.5. The Balaban J connectivity index is 1.40. The van der Waals surface area contributed by atoms with Crippen LogP contribution in [0, 0.1) is 6.92 Å². The summed E-state index contributed by atoms with van der Waals surface area (Å²) in [6.07, 6.45) is 2.15.